The van der Waals surface area contributed by atoms with Crippen LogP contribution in [0.2, 0.25) is 0 Å². The van der Waals surface area contributed by atoms with Crippen LogP contribution in [0, 0.1) is 0 Å². The summed E-state index contributed by atoms with van der Waals surface area (Å²) in [7, 11) is 0. The quantitative estimate of drug-likeness (QED) is 0.547. The fourth-order valence-corrected chi connectivity index (χ4v) is 3.19. The van der Waals surface area contributed by atoms with Crippen LogP contribution >= 0.6 is 11.8 Å². The number of unbranched alkanes of at least 4 members (excludes halogenated alkanes) is 1. The first-order chi connectivity index (χ1) is 11.7. The number of rotatable bonds is 9. The van der Waals surface area contributed by atoms with E-state index in [0.717, 1.165) is 43.4 Å². The number of nitrogens with zero attached hydrogens (tertiary/aromatic N) is 1. The number of hydrogen-bond acceptors (Lipinski definition) is 5. The predicted molar refractivity (Wildman–Crippen MR) is 97.0 cm³/mol. The molecule has 1 aromatic carbocycles. The molecule has 1 saturated heterocycles. The van der Waals surface area contributed by atoms with Crippen molar-refractivity contribution in [2.75, 3.05) is 19.7 Å². The molecule has 1 aromatic rings. The Labute approximate surface area is 147 Å². The maximum atomic E-state index is 12.1. The second-order valence-electron chi connectivity index (χ2n) is 5.57. The van der Waals surface area contributed by atoms with E-state index in [0.29, 0.717) is 11.3 Å². The molecule has 0 unspecified atom stereocenters. The molecule has 0 aromatic heterocycles. The van der Waals surface area contributed by atoms with E-state index in [4.69, 9.17) is 10.5 Å². The molecule has 1 aliphatic rings. The smallest absolute Gasteiger partial charge is 0.293 e. The molecule has 6 heteroatoms. The molecule has 130 valence electrons. The Morgan fingerprint density at radius 2 is 2.00 bits per heavy atom. The Hall–Kier alpha value is -1.79. The van der Waals surface area contributed by atoms with Crippen LogP contribution in [0.3, 0.4) is 0 Å². The maximum Gasteiger partial charge on any atom is 0.293 e. The van der Waals surface area contributed by atoms with E-state index in [-0.39, 0.29) is 24.2 Å². The van der Waals surface area contributed by atoms with Gasteiger partial charge in [-0.3, -0.25) is 14.5 Å². The Morgan fingerprint density at radius 3 is 2.67 bits per heavy atom. The Bertz CT molecular complexity index is 599. The number of ether oxygens (including phenoxy) is 1. The van der Waals surface area contributed by atoms with Crippen molar-refractivity contribution in [2.24, 2.45) is 5.73 Å². The van der Waals surface area contributed by atoms with Crippen molar-refractivity contribution in [1.29, 1.82) is 0 Å². The summed E-state index contributed by atoms with van der Waals surface area (Å²) in [5.41, 5.74) is 6.60. The van der Waals surface area contributed by atoms with Gasteiger partial charge in [-0.25, -0.2) is 0 Å². The number of imide groups is 1. The summed E-state index contributed by atoms with van der Waals surface area (Å²) in [6, 6.07) is 8.02. The Kier molecular flexibility index (Phi) is 7.34. The van der Waals surface area contributed by atoms with E-state index in [9.17, 15) is 9.59 Å². The van der Waals surface area contributed by atoms with Gasteiger partial charge in [0.05, 0.1) is 11.5 Å². The molecule has 1 aliphatic heterocycles. The first-order valence-electron chi connectivity index (χ1n) is 8.31. The van der Waals surface area contributed by atoms with E-state index in [1.54, 1.807) is 0 Å². The number of hydrogen-bond donors (Lipinski definition) is 1. The fraction of sp³-hybridized carbons (Fsp3) is 0.444. The van der Waals surface area contributed by atoms with Crippen molar-refractivity contribution in [1.82, 2.24) is 4.90 Å². The zero-order valence-electron chi connectivity index (χ0n) is 14.0. The third-order valence-corrected chi connectivity index (χ3v) is 4.64. The summed E-state index contributed by atoms with van der Waals surface area (Å²) < 4.78 is 5.63. The zero-order chi connectivity index (χ0) is 17.4. The van der Waals surface area contributed by atoms with Gasteiger partial charge < -0.3 is 10.5 Å². The molecule has 0 radical (unpaired) electrons. The van der Waals surface area contributed by atoms with E-state index < -0.39 is 0 Å². The lowest BCUT2D eigenvalue weighted by atomic mass is 10.1. The SMILES string of the molecule is CCCCOc1ccc(CCC=C2SC(=O)N(CCN)C2=O)cc1. The van der Waals surface area contributed by atoms with Gasteiger partial charge in [-0.05, 0) is 48.7 Å². The molecule has 0 atom stereocenters. The van der Waals surface area contributed by atoms with Crippen LogP contribution in [0.1, 0.15) is 31.7 Å². The first-order valence-corrected chi connectivity index (χ1v) is 9.13. The summed E-state index contributed by atoms with van der Waals surface area (Å²) in [5, 5.41) is -0.231. The highest BCUT2D eigenvalue weighted by Gasteiger charge is 2.33. The van der Waals surface area contributed by atoms with Crippen LogP contribution < -0.4 is 10.5 Å². The number of allylic oxidation sites excluding steroid dienone is 1. The van der Waals surface area contributed by atoms with E-state index in [2.05, 4.69) is 6.92 Å². The lowest BCUT2D eigenvalue weighted by Crippen LogP contribution is -2.33. The Balaban J connectivity index is 1.83. The third-order valence-electron chi connectivity index (χ3n) is 3.68. The molecule has 1 fully saturated rings. The van der Waals surface area contributed by atoms with Gasteiger partial charge in [-0.2, -0.15) is 0 Å². The number of nitrogens with two attached hydrogens (primary N) is 1. The first kappa shape index (κ1) is 18.5. The molecular weight excluding hydrogens is 324 g/mol. The van der Waals surface area contributed by atoms with Gasteiger partial charge in [0.25, 0.3) is 11.1 Å². The van der Waals surface area contributed by atoms with Crippen LogP contribution in [0.15, 0.2) is 35.2 Å². The molecule has 2 N–H and O–H groups in total. The number of benzene rings is 1. The highest BCUT2D eigenvalue weighted by molar-refractivity contribution is 8.18. The van der Waals surface area contributed by atoms with Gasteiger partial charge in [0, 0.05) is 13.1 Å². The summed E-state index contributed by atoms with van der Waals surface area (Å²) in [6.45, 7) is 3.45. The second kappa shape index (κ2) is 9.49. The van der Waals surface area contributed by atoms with Gasteiger partial charge in [-0.15, -0.1) is 0 Å². The molecule has 24 heavy (non-hydrogen) atoms. The highest BCUT2D eigenvalue weighted by atomic mass is 32.2. The predicted octanol–water partition coefficient (Wildman–Crippen LogP) is 3.34. The van der Waals surface area contributed by atoms with Gasteiger partial charge in [0.2, 0.25) is 0 Å². The maximum absolute atomic E-state index is 12.1. The molecule has 5 nitrogen and oxygen atoms in total. The lowest BCUT2D eigenvalue weighted by molar-refractivity contribution is -0.122. The average Bonchev–Trinajstić information content (AvgIpc) is 2.85. The summed E-state index contributed by atoms with van der Waals surface area (Å²) in [5.74, 6) is 0.658. The number of amides is 2. The Morgan fingerprint density at radius 1 is 1.25 bits per heavy atom. The van der Waals surface area contributed by atoms with Crippen molar-refractivity contribution >= 4 is 22.9 Å². The van der Waals surface area contributed by atoms with E-state index in [1.807, 2.05) is 30.3 Å². The van der Waals surface area contributed by atoms with Gasteiger partial charge in [0.1, 0.15) is 5.75 Å². The van der Waals surface area contributed by atoms with Crippen molar-refractivity contribution < 1.29 is 14.3 Å². The summed E-state index contributed by atoms with van der Waals surface area (Å²) in [6.07, 6.45) is 5.55. The molecular formula is C18H24N2O3S. The number of carbonyl (C=O) groups excluding carboxylic acids is 2. The molecule has 0 saturated carbocycles. The van der Waals surface area contributed by atoms with Crippen LogP contribution in [-0.4, -0.2) is 35.7 Å². The molecule has 2 rings (SSSR count). The molecule has 0 spiro atoms. The van der Waals surface area contributed by atoms with Gasteiger partial charge in [-0.1, -0.05) is 31.6 Å². The van der Waals surface area contributed by atoms with Crippen LogP contribution in [0.25, 0.3) is 0 Å². The van der Waals surface area contributed by atoms with Crippen molar-refractivity contribution in [3.63, 3.8) is 0 Å². The monoisotopic (exact) mass is 348 g/mol. The minimum absolute atomic E-state index is 0.227. The summed E-state index contributed by atoms with van der Waals surface area (Å²) >= 11 is 0.994. The number of thioether (sulfide) groups is 1. The standard InChI is InChI=1S/C18H24N2O3S/c1-2-3-13-23-15-9-7-14(8-10-15)5-4-6-16-17(21)20(12-11-19)18(22)24-16/h6-10H,2-5,11-13,19H2,1H3. The van der Waals surface area contributed by atoms with Crippen molar-refractivity contribution in [3.05, 3.63) is 40.8 Å². The highest BCUT2D eigenvalue weighted by Crippen LogP contribution is 2.30. The zero-order valence-corrected chi connectivity index (χ0v) is 14.8. The normalized spacial score (nSPS) is 16.2. The van der Waals surface area contributed by atoms with Crippen LogP contribution in [0.4, 0.5) is 4.79 Å². The number of aryl methyl sites for hydroxylation is 1. The molecule has 2 amide bonds. The van der Waals surface area contributed by atoms with E-state index in [1.165, 1.54) is 10.5 Å². The van der Waals surface area contributed by atoms with Crippen LogP contribution in [-0.2, 0) is 11.2 Å². The van der Waals surface area contributed by atoms with E-state index >= 15 is 0 Å². The summed E-state index contributed by atoms with van der Waals surface area (Å²) in [4.78, 5) is 25.5. The van der Waals surface area contributed by atoms with Crippen molar-refractivity contribution in [3.8, 4) is 5.75 Å². The molecule has 0 bridgehead atoms. The van der Waals surface area contributed by atoms with Gasteiger partial charge >= 0.3 is 0 Å². The molecule has 0 aliphatic carbocycles. The largest absolute Gasteiger partial charge is 0.494 e. The lowest BCUT2D eigenvalue weighted by Gasteiger charge is -2.09. The minimum Gasteiger partial charge on any atom is -0.494 e. The van der Waals surface area contributed by atoms with Crippen molar-refractivity contribution in [2.45, 2.75) is 32.6 Å². The van der Waals surface area contributed by atoms with Gasteiger partial charge in [0.15, 0.2) is 0 Å². The minimum atomic E-state index is -0.231. The average molecular weight is 348 g/mol. The topological polar surface area (TPSA) is 72.6 Å². The fourth-order valence-electron chi connectivity index (χ4n) is 2.32. The molecule has 1 heterocycles. The third kappa shape index (κ3) is 5.11. The van der Waals surface area contributed by atoms with Crippen LogP contribution in [0.5, 0.6) is 5.75 Å². The second-order valence-corrected chi connectivity index (χ2v) is 6.56. The number of carbonyl (C=O) groups is 2.